The van der Waals surface area contributed by atoms with Gasteiger partial charge in [0.1, 0.15) is 54.2 Å². The summed E-state index contributed by atoms with van der Waals surface area (Å²) in [6.45, 7) is 1.08. The van der Waals surface area contributed by atoms with E-state index in [1.807, 2.05) is 0 Å². The van der Waals surface area contributed by atoms with Gasteiger partial charge in [0.15, 0.2) is 5.82 Å². The molecular formula is C24H30N5O8P. The minimum atomic E-state index is -4.18. The summed E-state index contributed by atoms with van der Waals surface area (Å²) in [5.74, 6) is -0.0935. The van der Waals surface area contributed by atoms with Gasteiger partial charge in [-0.2, -0.15) is 10.2 Å². The monoisotopic (exact) mass is 547 g/mol. The number of nitrogens with one attached hydrogen (secondary N) is 1. The fourth-order valence-electron chi connectivity index (χ4n) is 4.25. The van der Waals surface area contributed by atoms with Gasteiger partial charge in [-0.3, -0.25) is 9.32 Å². The zero-order valence-electron chi connectivity index (χ0n) is 20.6. The van der Waals surface area contributed by atoms with Crippen molar-refractivity contribution in [3.63, 3.8) is 0 Å². The van der Waals surface area contributed by atoms with E-state index in [1.165, 1.54) is 17.8 Å². The first-order chi connectivity index (χ1) is 18.2. The van der Waals surface area contributed by atoms with Crippen molar-refractivity contribution in [2.75, 3.05) is 12.3 Å². The van der Waals surface area contributed by atoms with E-state index in [0.29, 0.717) is 11.2 Å². The maximum Gasteiger partial charge on any atom is 0.459 e. The second kappa shape index (κ2) is 11.0. The first-order valence-corrected chi connectivity index (χ1v) is 13.9. The molecular weight excluding hydrogens is 517 g/mol. The van der Waals surface area contributed by atoms with Crippen LogP contribution in [-0.2, 0) is 23.4 Å². The number of ether oxygens (including phenoxy) is 2. The van der Waals surface area contributed by atoms with Gasteiger partial charge in [-0.05, 0) is 50.5 Å². The number of fused-ring (bicyclic) bond motifs is 1. The van der Waals surface area contributed by atoms with Gasteiger partial charge in [-0.25, -0.2) is 14.1 Å². The van der Waals surface area contributed by atoms with Gasteiger partial charge in [0.05, 0.1) is 12.3 Å². The number of para-hydroxylation sites is 1. The molecule has 1 aromatic carbocycles. The molecule has 1 aliphatic carbocycles. The molecule has 2 fully saturated rings. The number of carbonyl (C=O) groups is 1. The number of nitrogen functional groups attached to an aromatic ring is 1. The molecule has 14 heteroatoms. The van der Waals surface area contributed by atoms with Crippen LogP contribution in [0.25, 0.3) is 5.52 Å². The predicted octanol–water partition coefficient (Wildman–Crippen LogP) is 1.75. The van der Waals surface area contributed by atoms with Crippen LogP contribution in [0, 0.1) is 0 Å². The standard InChI is InChI=1S/C24H30N5O8P/c1-14(24(32)35-15-8-5-9-15)28-38(33,37-16-6-3-2-4-7-16)34-12-19-20(30)21(31)22(36-19)17-10-11-18-23(25)26-13-27-29(17)18/h2-4,6-7,10-11,13-15,19-22,30-31H,5,8-9,12H2,1H3,(H,28,33)(H2,25,26,27)/t14-,19+,20+,21+,22-,38?/m0/s1. The quantitative estimate of drug-likeness (QED) is 0.214. The Morgan fingerprint density at radius 1 is 1.24 bits per heavy atom. The topological polar surface area (TPSA) is 180 Å². The average molecular weight is 548 g/mol. The van der Waals surface area contributed by atoms with Gasteiger partial charge in [-0.1, -0.05) is 18.2 Å². The molecule has 1 saturated heterocycles. The minimum absolute atomic E-state index is 0.145. The minimum Gasteiger partial charge on any atom is -0.461 e. The lowest BCUT2D eigenvalue weighted by molar-refractivity contribution is -0.154. The molecule has 5 rings (SSSR count). The largest absolute Gasteiger partial charge is 0.461 e. The highest BCUT2D eigenvalue weighted by Crippen LogP contribution is 2.46. The Balaban J connectivity index is 1.29. The zero-order chi connectivity index (χ0) is 26.9. The summed E-state index contributed by atoms with van der Waals surface area (Å²) in [4.78, 5) is 16.4. The zero-order valence-corrected chi connectivity index (χ0v) is 21.5. The lowest BCUT2D eigenvalue weighted by atomic mass is 9.96. The average Bonchev–Trinajstić information content (AvgIpc) is 3.42. The van der Waals surface area contributed by atoms with Gasteiger partial charge in [-0.15, -0.1) is 0 Å². The van der Waals surface area contributed by atoms with E-state index in [-0.39, 0.29) is 17.7 Å². The molecule has 13 nitrogen and oxygen atoms in total. The molecule has 1 unspecified atom stereocenters. The number of nitrogens with zero attached hydrogens (tertiary/aromatic N) is 3. The number of aliphatic hydroxyl groups excluding tert-OH is 2. The molecule has 204 valence electrons. The van der Waals surface area contributed by atoms with E-state index in [2.05, 4.69) is 15.2 Å². The van der Waals surface area contributed by atoms with E-state index in [1.54, 1.807) is 42.5 Å². The first-order valence-electron chi connectivity index (χ1n) is 12.3. The van der Waals surface area contributed by atoms with Crippen molar-refractivity contribution in [1.29, 1.82) is 0 Å². The third kappa shape index (κ3) is 5.53. The number of carbonyl (C=O) groups excluding carboxylic acids is 1. The molecule has 38 heavy (non-hydrogen) atoms. The fourth-order valence-corrected chi connectivity index (χ4v) is 5.75. The molecule has 0 spiro atoms. The molecule has 0 bridgehead atoms. The highest BCUT2D eigenvalue weighted by Gasteiger charge is 2.46. The number of esters is 1. The molecule has 6 atom stereocenters. The van der Waals surface area contributed by atoms with Gasteiger partial charge in [0, 0.05) is 0 Å². The lowest BCUT2D eigenvalue weighted by Gasteiger charge is -2.28. The Morgan fingerprint density at radius 3 is 2.71 bits per heavy atom. The van der Waals surface area contributed by atoms with E-state index in [0.717, 1.165) is 19.3 Å². The Bertz CT molecular complexity index is 1320. The number of aliphatic hydroxyl groups is 2. The molecule has 1 saturated carbocycles. The fraction of sp³-hybridized carbons (Fsp3) is 0.458. The highest BCUT2D eigenvalue weighted by molar-refractivity contribution is 7.52. The summed E-state index contributed by atoms with van der Waals surface area (Å²) in [6, 6.07) is 10.6. The Morgan fingerprint density at radius 2 is 2.00 bits per heavy atom. The molecule has 2 aliphatic rings. The van der Waals surface area contributed by atoms with Crippen LogP contribution in [0.1, 0.15) is 38.0 Å². The summed E-state index contributed by atoms with van der Waals surface area (Å²) in [7, 11) is -4.18. The third-order valence-electron chi connectivity index (χ3n) is 6.58. The van der Waals surface area contributed by atoms with Crippen LogP contribution >= 0.6 is 7.75 Å². The number of rotatable bonds is 10. The number of aromatic nitrogens is 3. The van der Waals surface area contributed by atoms with Crippen LogP contribution in [0.15, 0.2) is 48.8 Å². The molecule has 0 radical (unpaired) electrons. The van der Waals surface area contributed by atoms with Crippen LogP contribution < -0.4 is 15.3 Å². The van der Waals surface area contributed by atoms with Crippen LogP contribution in [-0.4, -0.2) is 67.8 Å². The third-order valence-corrected chi connectivity index (χ3v) is 8.23. The van der Waals surface area contributed by atoms with E-state index in [4.69, 9.17) is 24.3 Å². The van der Waals surface area contributed by atoms with Crippen LogP contribution in [0.5, 0.6) is 5.75 Å². The van der Waals surface area contributed by atoms with Crippen LogP contribution in [0.4, 0.5) is 5.82 Å². The van der Waals surface area contributed by atoms with Gasteiger partial charge >= 0.3 is 13.7 Å². The number of nitrogens with two attached hydrogens (primary N) is 1. The summed E-state index contributed by atoms with van der Waals surface area (Å²) in [5.41, 5.74) is 6.84. The number of hydrogen-bond donors (Lipinski definition) is 4. The lowest BCUT2D eigenvalue weighted by Crippen LogP contribution is -2.39. The predicted molar refractivity (Wildman–Crippen MR) is 134 cm³/mol. The van der Waals surface area contributed by atoms with Crippen LogP contribution in [0.3, 0.4) is 0 Å². The maximum atomic E-state index is 13.7. The Hall–Kier alpha value is -3.06. The van der Waals surface area contributed by atoms with Crippen molar-refractivity contribution in [1.82, 2.24) is 19.7 Å². The van der Waals surface area contributed by atoms with Crippen molar-refractivity contribution < 1.29 is 38.1 Å². The molecule has 0 amide bonds. The van der Waals surface area contributed by atoms with E-state index < -0.39 is 50.8 Å². The number of anilines is 1. The highest BCUT2D eigenvalue weighted by atomic mass is 31.2. The summed E-state index contributed by atoms with van der Waals surface area (Å²) >= 11 is 0. The van der Waals surface area contributed by atoms with Crippen molar-refractivity contribution in [2.24, 2.45) is 0 Å². The second-order valence-electron chi connectivity index (χ2n) is 9.32. The molecule has 2 aromatic heterocycles. The van der Waals surface area contributed by atoms with Crippen molar-refractivity contribution in [3.05, 3.63) is 54.5 Å². The van der Waals surface area contributed by atoms with Gasteiger partial charge in [0.2, 0.25) is 0 Å². The first kappa shape index (κ1) is 26.5. The van der Waals surface area contributed by atoms with Crippen molar-refractivity contribution >= 4 is 25.1 Å². The SMILES string of the molecule is C[C@H](NP(=O)(OC[C@H]1O[C@@H](c2ccc3c(N)ncnn23)[C@H](O)[C@@H]1O)Oc1ccccc1)C(=O)OC1CCC1. The second-order valence-corrected chi connectivity index (χ2v) is 11.0. The van der Waals surface area contributed by atoms with E-state index in [9.17, 15) is 19.6 Å². The number of hydrogen-bond acceptors (Lipinski definition) is 11. The summed E-state index contributed by atoms with van der Waals surface area (Å²) in [5, 5.41) is 28.2. The molecule has 3 heterocycles. The Kier molecular flexibility index (Phi) is 7.66. The smallest absolute Gasteiger partial charge is 0.459 e. The molecule has 3 aromatic rings. The van der Waals surface area contributed by atoms with Crippen molar-refractivity contribution in [3.8, 4) is 5.75 Å². The van der Waals surface area contributed by atoms with Gasteiger partial charge < -0.3 is 29.9 Å². The summed E-state index contributed by atoms with van der Waals surface area (Å²) < 4.78 is 37.8. The number of benzene rings is 1. The van der Waals surface area contributed by atoms with E-state index >= 15 is 0 Å². The van der Waals surface area contributed by atoms with Gasteiger partial charge in [0.25, 0.3) is 0 Å². The summed E-state index contributed by atoms with van der Waals surface area (Å²) in [6.07, 6.45) is -1.06. The van der Waals surface area contributed by atoms with Crippen LogP contribution in [0.2, 0.25) is 0 Å². The Labute approximate surface area is 218 Å². The van der Waals surface area contributed by atoms with Crippen molar-refractivity contribution in [2.45, 2.75) is 62.7 Å². The normalized spacial score (nSPS) is 26.0. The molecule has 1 aliphatic heterocycles. The molecule has 5 N–H and O–H groups in total. The maximum absolute atomic E-state index is 13.7.